The maximum absolute atomic E-state index is 11.3. The lowest BCUT2D eigenvalue weighted by Gasteiger charge is -2.10. The molecule has 1 aliphatic carbocycles. The summed E-state index contributed by atoms with van der Waals surface area (Å²) in [6, 6.07) is 0. The largest absolute Gasteiger partial charge is 0.313 e. The van der Waals surface area contributed by atoms with Gasteiger partial charge in [0.1, 0.15) is 4.75 Å². The molecule has 12 heavy (non-hydrogen) atoms. The molecule has 0 atom stereocenters. The van der Waals surface area contributed by atoms with E-state index in [1.54, 1.807) is 7.05 Å². The van der Waals surface area contributed by atoms with Crippen molar-refractivity contribution in [1.29, 1.82) is 0 Å². The summed E-state index contributed by atoms with van der Waals surface area (Å²) in [7, 11) is -1.57. The van der Waals surface area contributed by atoms with Gasteiger partial charge in [-0.1, -0.05) is 0 Å². The van der Waals surface area contributed by atoms with E-state index in [1.807, 2.05) is 0 Å². The zero-order valence-corrected chi connectivity index (χ0v) is 8.07. The van der Waals surface area contributed by atoms with Crippen molar-refractivity contribution in [3.05, 3.63) is 0 Å². The number of rotatable bonds is 4. The van der Waals surface area contributed by atoms with Crippen molar-refractivity contribution < 1.29 is 13.2 Å². The predicted molar refractivity (Wildman–Crippen MR) is 45.7 cm³/mol. The molecule has 5 heteroatoms. The van der Waals surface area contributed by atoms with Crippen molar-refractivity contribution in [2.45, 2.75) is 17.6 Å². The van der Waals surface area contributed by atoms with E-state index in [0.717, 1.165) is 6.26 Å². The van der Waals surface area contributed by atoms with Crippen LogP contribution < -0.4 is 5.32 Å². The fourth-order valence-electron chi connectivity index (χ4n) is 1.29. The number of ketones is 1. The van der Waals surface area contributed by atoms with Crippen LogP contribution in [0.15, 0.2) is 0 Å². The standard InChI is InChI=1S/C7H13NO3S/c1-8-5-6(9)7(3-4-7)12(2,10)11/h8H,3-5H2,1-2H3. The highest BCUT2D eigenvalue weighted by Crippen LogP contribution is 2.43. The van der Waals surface area contributed by atoms with Crippen LogP contribution in [0.3, 0.4) is 0 Å². The monoisotopic (exact) mass is 191 g/mol. The van der Waals surface area contributed by atoms with Crippen molar-refractivity contribution in [3.63, 3.8) is 0 Å². The van der Waals surface area contributed by atoms with Crippen LogP contribution in [0.2, 0.25) is 0 Å². The number of Topliss-reactive ketones (excluding diaryl/α,β-unsaturated/α-hetero) is 1. The van der Waals surface area contributed by atoms with Gasteiger partial charge in [0, 0.05) is 6.26 Å². The second-order valence-electron chi connectivity index (χ2n) is 3.22. The number of hydrogen-bond acceptors (Lipinski definition) is 4. The molecule has 0 radical (unpaired) electrons. The van der Waals surface area contributed by atoms with Gasteiger partial charge in [-0.2, -0.15) is 0 Å². The van der Waals surface area contributed by atoms with Crippen LogP contribution in [0.25, 0.3) is 0 Å². The average Bonchev–Trinajstić information content (AvgIpc) is 2.63. The molecule has 0 bridgehead atoms. The summed E-state index contributed by atoms with van der Waals surface area (Å²) in [5, 5.41) is 2.67. The zero-order valence-electron chi connectivity index (χ0n) is 7.25. The van der Waals surface area contributed by atoms with Crippen LogP contribution in [-0.2, 0) is 14.6 Å². The van der Waals surface area contributed by atoms with Crippen LogP contribution in [0.4, 0.5) is 0 Å². The van der Waals surface area contributed by atoms with Gasteiger partial charge in [-0.25, -0.2) is 8.42 Å². The normalized spacial score (nSPS) is 20.5. The van der Waals surface area contributed by atoms with E-state index in [1.165, 1.54) is 0 Å². The van der Waals surface area contributed by atoms with Gasteiger partial charge in [0.25, 0.3) is 0 Å². The zero-order chi connectivity index (χ0) is 9.41. The Kier molecular flexibility index (Phi) is 2.27. The number of likely N-dealkylation sites (N-methyl/N-ethyl adjacent to an activating group) is 1. The minimum absolute atomic E-state index is 0.146. The van der Waals surface area contributed by atoms with Gasteiger partial charge < -0.3 is 5.32 Å². The first-order chi connectivity index (χ1) is 5.44. The van der Waals surface area contributed by atoms with Crippen LogP contribution >= 0.6 is 0 Å². The lowest BCUT2D eigenvalue weighted by atomic mass is 10.2. The molecule has 0 aliphatic heterocycles. The number of hydrogen-bond donors (Lipinski definition) is 1. The maximum atomic E-state index is 11.3. The molecule has 0 amide bonds. The van der Waals surface area contributed by atoms with E-state index in [2.05, 4.69) is 5.32 Å². The van der Waals surface area contributed by atoms with Crippen molar-refractivity contribution in [1.82, 2.24) is 5.32 Å². The summed E-state index contributed by atoms with van der Waals surface area (Å²) in [4.78, 5) is 11.3. The SMILES string of the molecule is CNCC(=O)C1(S(C)(=O)=O)CC1. The Morgan fingerprint density at radius 1 is 1.50 bits per heavy atom. The highest BCUT2D eigenvalue weighted by atomic mass is 32.2. The van der Waals surface area contributed by atoms with Gasteiger partial charge in [0.2, 0.25) is 0 Å². The first-order valence-electron chi connectivity index (χ1n) is 3.81. The van der Waals surface area contributed by atoms with Crippen molar-refractivity contribution >= 4 is 15.6 Å². The molecule has 70 valence electrons. The van der Waals surface area contributed by atoms with Gasteiger partial charge in [-0.05, 0) is 19.9 Å². The molecular weight excluding hydrogens is 178 g/mol. The molecule has 1 saturated carbocycles. The molecular formula is C7H13NO3S. The second kappa shape index (κ2) is 2.81. The summed E-state index contributed by atoms with van der Waals surface area (Å²) >= 11 is 0. The van der Waals surface area contributed by atoms with Crippen LogP contribution in [0.1, 0.15) is 12.8 Å². The van der Waals surface area contributed by atoms with E-state index in [0.29, 0.717) is 12.8 Å². The topological polar surface area (TPSA) is 63.2 Å². The smallest absolute Gasteiger partial charge is 0.167 e. The summed E-state index contributed by atoms with van der Waals surface area (Å²) in [6.07, 6.45) is 2.12. The van der Waals surface area contributed by atoms with E-state index in [4.69, 9.17) is 0 Å². The third-order valence-corrected chi connectivity index (χ3v) is 4.31. The Labute approximate surface area is 72.3 Å². The van der Waals surface area contributed by atoms with Gasteiger partial charge in [-0.3, -0.25) is 4.79 Å². The van der Waals surface area contributed by atoms with Gasteiger partial charge in [0.05, 0.1) is 6.54 Å². The minimum atomic E-state index is -3.20. The summed E-state index contributed by atoms with van der Waals surface area (Å²) < 4.78 is 21.3. The summed E-state index contributed by atoms with van der Waals surface area (Å²) in [5.74, 6) is -0.201. The minimum Gasteiger partial charge on any atom is -0.313 e. The molecule has 0 aromatic carbocycles. The van der Waals surface area contributed by atoms with Gasteiger partial charge in [0.15, 0.2) is 15.6 Å². The molecule has 1 N–H and O–H groups in total. The van der Waals surface area contributed by atoms with Crippen LogP contribution in [-0.4, -0.2) is 38.8 Å². The quantitative estimate of drug-likeness (QED) is 0.641. The van der Waals surface area contributed by atoms with Crippen molar-refractivity contribution in [3.8, 4) is 0 Å². The number of nitrogens with one attached hydrogen (secondary N) is 1. The van der Waals surface area contributed by atoms with Gasteiger partial charge in [-0.15, -0.1) is 0 Å². The summed E-state index contributed by atoms with van der Waals surface area (Å²) in [5.41, 5.74) is 0. The molecule has 0 heterocycles. The Morgan fingerprint density at radius 2 is 2.00 bits per heavy atom. The Bertz CT molecular complexity index is 290. The Hall–Kier alpha value is -0.420. The molecule has 0 aromatic rings. The summed E-state index contributed by atoms with van der Waals surface area (Å²) in [6.45, 7) is 0.146. The van der Waals surface area contributed by atoms with Crippen LogP contribution in [0.5, 0.6) is 0 Å². The fourth-order valence-corrected chi connectivity index (χ4v) is 2.62. The third-order valence-electron chi connectivity index (χ3n) is 2.26. The van der Waals surface area contributed by atoms with E-state index in [-0.39, 0.29) is 12.3 Å². The highest BCUT2D eigenvalue weighted by molar-refractivity contribution is 7.93. The number of carbonyl (C=O) groups excluding carboxylic acids is 1. The lowest BCUT2D eigenvalue weighted by Crippen LogP contribution is -2.37. The Balaban J connectivity index is 2.81. The average molecular weight is 191 g/mol. The third kappa shape index (κ3) is 1.38. The fraction of sp³-hybridized carbons (Fsp3) is 0.857. The molecule has 4 nitrogen and oxygen atoms in total. The first-order valence-corrected chi connectivity index (χ1v) is 5.71. The maximum Gasteiger partial charge on any atom is 0.167 e. The second-order valence-corrected chi connectivity index (χ2v) is 5.55. The van der Waals surface area contributed by atoms with E-state index >= 15 is 0 Å². The molecule has 1 fully saturated rings. The van der Waals surface area contributed by atoms with E-state index in [9.17, 15) is 13.2 Å². The number of carbonyl (C=O) groups is 1. The molecule has 0 saturated heterocycles. The van der Waals surface area contributed by atoms with Gasteiger partial charge >= 0.3 is 0 Å². The molecule has 1 rings (SSSR count). The first kappa shape index (κ1) is 9.67. The lowest BCUT2D eigenvalue weighted by molar-refractivity contribution is -0.118. The molecule has 0 unspecified atom stereocenters. The molecule has 1 aliphatic rings. The van der Waals surface area contributed by atoms with Crippen molar-refractivity contribution in [2.24, 2.45) is 0 Å². The number of sulfone groups is 1. The van der Waals surface area contributed by atoms with Crippen LogP contribution in [0, 0.1) is 0 Å². The molecule has 0 aromatic heterocycles. The van der Waals surface area contributed by atoms with Crippen molar-refractivity contribution in [2.75, 3.05) is 19.8 Å². The highest BCUT2D eigenvalue weighted by Gasteiger charge is 2.57. The molecule has 0 spiro atoms. The van der Waals surface area contributed by atoms with E-state index < -0.39 is 14.6 Å². The predicted octanol–water partition coefficient (Wildman–Crippen LogP) is -0.648. The Morgan fingerprint density at radius 3 is 2.25 bits per heavy atom.